The molecule has 0 aliphatic heterocycles. The molecule has 0 amide bonds. The minimum Gasteiger partial charge on any atom is -0.507 e. The van der Waals surface area contributed by atoms with Crippen molar-refractivity contribution in [2.75, 3.05) is 0 Å². The first-order chi connectivity index (χ1) is 8.06. The van der Waals surface area contributed by atoms with Crippen molar-refractivity contribution in [3.8, 4) is 5.75 Å². The van der Waals surface area contributed by atoms with Gasteiger partial charge in [0.15, 0.2) is 0 Å². The lowest BCUT2D eigenvalue weighted by Crippen LogP contribution is -2.25. The van der Waals surface area contributed by atoms with E-state index in [1.807, 2.05) is 13.8 Å². The van der Waals surface area contributed by atoms with Gasteiger partial charge >= 0.3 is 5.97 Å². The van der Waals surface area contributed by atoms with E-state index in [4.69, 9.17) is 5.11 Å². The first-order valence-corrected chi connectivity index (χ1v) is 5.60. The summed E-state index contributed by atoms with van der Waals surface area (Å²) in [5.41, 5.74) is 0.530. The molecule has 92 valence electrons. The summed E-state index contributed by atoms with van der Waals surface area (Å²) in [5, 5.41) is 18.6. The summed E-state index contributed by atoms with van der Waals surface area (Å²) in [6.45, 7) is 3.77. The van der Waals surface area contributed by atoms with Crippen LogP contribution in [0.3, 0.4) is 0 Å². The molecule has 4 heteroatoms. The molecule has 0 fully saturated rings. The normalized spacial score (nSPS) is 14.7. The summed E-state index contributed by atoms with van der Waals surface area (Å²) in [6, 6.07) is 5.94. The smallest absolute Gasteiger partial charge is 0.328 e. The summed E-state index contributed by atoms with van der Waals surface area (Å²) in [7, 11) is 0. The van der Waals surface area contributed by atoms with Gasteiger partial charge in [0.25, 0.3) is 0 Å². The van der Waals surface area contributed by atoms with Crippen molar-refractivity contribution < 1.29 is 15.0 Å². The molecule has 2 N–H and O–H groups in total. The Morgan fingerprint density at radius 1 is 1.47 bits per heavy atom. The van der Waals surface area contributed by atoms with E-state index in [-0.39, 0.29) is 11.7 Å². The van der Waals surface area contributed by atoms with Crippen LogP contribution in [0.4, 0.5) is 0 Å². The molecular weight excluding hydrogens is 218 g/mol. The highest BCUT2D eigenvalue weighted by Gasteiger charge is 2.21. The molecule has 1 aromatic carbocycles. The van der Waals surface area contributed by atoms with Gasteiger partial charge in [-0.3, -0.25) is 4.99 Å². The maximum Gasteiger partial charge on any atom is 0.328 e. The van der Waals surface area contributed by atoms with Gasteiger partial charge in [0, 0.05) is 11.8 Å². The predicted molar refractivity (Wildman–Crippen MR) is 66.6 cm³/mol. The zero-order chi connectivity index (χ0) is 12.8. The molecular formula is C13H17NO3. The van der Waals surface area contributed by atoms with Gasteiger partial charge in [0.05, 0.1) is 0 Å². The van der Waals surface area contributed by atoms with Crippen LogP contribution in [-0.4, -0.2) is 28.4 Å². The number of phenols is 1. The molecule has 0 radical (unpaired) electrons. The first-order valence-electron chi connectivity index (χ1n) is 5.60. The van der Waals surface area contributed by atoms with Crippen LogP contribution in [0.25, 0.3) is 0 Å². The number of aliphatic imine (C=N–C) groups is 1. The van der Waals surface area contributed by atoms with Gasteiger partial charge < -0.3 is 10.2 Å². The van der Waals surface area contributed by atoms with Gasteiger partial charge in [-0.2, -0.15) is 0 Å². The van der Waals surface area contributed by atoms with E-state index in [1.54, 1.807) is 24.3 Å². The SMILES string of the molecule is CCC(C)C(N=Cc1ccccc1O)C(=O)O. The largest absolute Gasteiger partial charge is 0.507 e. The Morgan fingerprint density at radius 3 is 2.65 bits per heavy atom. The second-order valence-electron chi connectivity index (χ2n) is 4.01. The summed E-state index contributed by atoms with van der Waals surface area (Å²) in [6.07, 6.45) is 2.16. The van der Waals surface area contributed by atoms with E-state index < -0.39 is 12.0 Å². The van der Waals surface area contributed by atoms with Crippen LogP contribution in [0, 0.1) is 5.92 Å². The third kappa shape index (κ3) is 3.59. The number of carbonyl (C=O) groups is 1. The van der Waals surface area contributed by atoms with Crippen molar-refractivity contribution in [2.24, 2.45) is 10.9 Å². The third-order valence-electron chi connectivity index (χ3n) is 2.75. The van der Waals surface area contributed by atoms with Gasteiger partial charge in [-0.25, -0.2) is 4.79 Å². The monoisotopic (exact) mass is 235 g/mol. The Morgan fingerprint density at radius 2 is 2.12 bits per heavy atom. The summed E-state index contributed by atoms with van der Waals surface area (Å²) >= 11 is 0. The average Bonchev–Trinajstić information content (AvgIpc) is 2.30. The number of benzene rings is 1. The molecule has 0 heterocycles. The fourth-order valence-corrected chi connectivity index (χ4v) is 1.43. The molecule has 0 aliphatic carbocycles. The lowest BCUT2D eigenvalue weighted by atomic mass is 10.00. The number of phenolic OH excluding ortho intramolecular Hbond substituents is 1. The number of aromatic hydroxyl groups is 1. The quantitative estimate of drug-likeness (QED) is 0.769. The second kappa shape index (κ2) is 6.03. The molecule has 0 bridgehead atoms. The molecule has 1 aromatic rings. The first kappa shape index (κ1) is 13.2. The van der Waals surface area contributed by atoms with Crippen LogP contribution in [0.2, 0.25) is 0 Å². The number of hydrogen-bond donors (Lipinski definition) is 2. The lowest BCUT2D eigenvalue weighted by molar-refractivity contribution is -0.139. The predicted octanol–water partition coefficient (Wildman–Crippen LogP) is 2.31. The highest BCUT2D eigenvalue weighted by atomic mass is 16.4. The standard InChI is InChI=1S/C13H17NO3/c1-3-9(2)12(13(16)17)14-8-10-6-4-5-7-11(10)15/h4-9,12,15H,3H2,1-2H3,(H,16,17). The van der Waals surface area contributed by atoms with E-state index in [2.05, 4.69) is 4.99 Å². The Balaban J connectivity index is 2.87. The highest BCUT2D eigenvalue weighted by Crippen LogP contribution is 2.15. The van der Waals surface area contributed by atoms with Crippen LogP contribution in [0.5, 0.6) is 5.75 Å². The van der Waals surface area contributed by atoms with E-state index in [9.17, 15) is 9.90 Å². The van der Waals surface area contributed by atoms with Crippen LogP contribution < -0.4 is 0 Å². The second-order valence-corrected chi connectivity index (χ2v) is 4.01. The maximum atomic E-state index is 11.0. The molecule has 17 heavy (non-hydrogen) atoms. The topological polar surface area (TPSA) is 69.9 Å². The van der Waals surface area contributed by atoms with Crippen molar-refractivity contribution in [2.45, 2.75) is 26.3 Å². The van der Waals surface area contributed by atoms with Crippen molar-refractivity contribution in [3.63, 3.8) is 0 Å². The highest BCUT2D eigenvalue weighted by molar-refractivity contribution is 5.86. The van der Waals surface area contributed by atoms with Crippen molar-refractivity contribution in [1.29, 1.82) is 0 Å². The van der Waals surface area contributed by atoms with Crippen LogP contribution >= 0.6 is 0 Å². The Kier molecular flexibility index (Phi) is 4.69. The minimum absolute atomic E-state index is 0.0328. The zero-order valence-corrected chi connectivity index (χ0v) is 10.00. The average molecular weight is 235 g/mol. The maximum absolute atomic E-state index is 11.0. The van der Waals surface area contributed by atoms with Crippen LogP contribution in [0.15, 0.2) is 29.3 Å². The van der Waals surface area contributed by atoms with E-state index in [0.29, 0.717) is 5.56 Å². The third-order valence-corrected chi connectivity index (χ3v) is 2.75. The fraction of sp³-hybridized carbons (Fsp3) is 0.385. The molecule has 2 atom stereocenters. The van der Waals surface area contributed by atoms with Gasteiger partial charge in [-0.1, -0.05) is 32.4 Å². The minimum atomic E-state index is -0.939. The van der Waals surface area contributed by atoms with Gasteiger partial charge in [-0.15, -0.1) is 0 Å². The zero-order valence-electron chi connectivity index (χ0n) is 10.00. The molecule has 0 aromatic heterocycles. The van der Waals surface area contributed by atoms with Gasteiger partial charge in [0.1, 0.15) is 11.8 Å². The van der Waals surface area contributed by atoms with Crippen molar-refractivity contribution >= 4 is 12.2 Å². The number of carboxylic acid groups (broad SMARTS) is 1. The van der Waals surface area contributed by atoms with E-state index in [0.717, 1.165) is 6.42 Å². The van der Waals surface area contributed by atoms with Gasteiger partial charge in [-0.05, 0) is 18.1 Å². The number of hydrogen-bond acceptors (Lipinski definition) is 3. The molecule has 0 saturated heterocycles. The number of para-hydroxylation sites is 1. The Labute approximate surface area is 101 Å². The molecule has 0 saturated carbocycles. The number of rotatable bonds is 5. The van der Waals surface area contributed by atoms with Crippen molar-refractivity contribution in [1.82, 2.24) is 0 Å². The molecule has 1 rings (SSSR count). The molecule has 4 nitrogen and oxygen atoms in total. The Hall–Kier alpha value is -1.84. The van der Waals surface area contributed by atoms with Gasteiger partial charge in [0.2, 0.25) is 0 Å². The fourth-order valence-electron chi connectivity index (χ4n) is 1.43. The van der Waals surface area contributed by atoms with Crippen molar-refractivity contribution in [3.05, 3.63) is 29.8 Å². The van der Waals surface area contributed by atoms with Crippen LogP contribution in [0.1, 0.15) is 25.8 Å². The molecule has 0 spiro atoms. The van der Waals surface area contributed by atoms with E-state index in [1.165, 1.54) is 6.21 Å². The molecule has 0 aliphatic rings. The number of carboxylic acids is 1. The molecule has 2 unspecified atom stereocenters. The summed E-state index contributed by atoms with van der Waals surface area (Å²) < 4.78 is 0. The lowest BCUT2D eigenvalue weighted by Gasteiger charge is -2.13. The van der Waals surface area contributed by atoms with Crippen LogP contribution in [-0.2, 0) is 4.79 Å². The Bertz CT molecular complexity index is 415. The summed E-state index contributed by atoms with van der Waals surface area (Å²) in [4.78, 5) is 15.1. The number of aliphatic carboxylic acids is 1. The van der Waals surface area contributed by atoms with E-state index >= 15 is 0 Å². The number of nitrogens with zero attached hydrogens (tertiary/aromatic N) is 1. The summed E-state index contributed by atoms with van der Waals surface area (Å²) in [5.74, 6) is -0.870.